The monoisotopic (exact) mass is 319 g/mol. The first-order valence-corrected chi connectivity index (χ1v) is 9.20. The van der Waals surface area contributed by atoms with E-state index in [4.69, 9.17) is 16.3 Å². The molecule has 0 saturated heterocycles. The topological polar surface area (TPSA) is 21.3 Å². The predicted molar refractivity (Wildman–Crippen MR) is 90.4 cm³/mol. The standard InChI is InChI=1S/C19H26ClNO/c1-2-22-18-4-3-17(20)8-16(18)12-21-19-9-13-5-14(10-19)7-15(6-13)11-19/h3-4,8,13-15,21H,2,5-7,9-12H2,1H3. The number of nitrogens with one attached hydrogen (secondary N) is 1. The Labute approximate surface area is 138 Å². The molecule has 4 aliphatic rings. The summed E-state index contributed by atoms with van der Waals surface area (Å²) in [6.45, 7) is 3.61. The quantitative estimate of drug-likeness (QED) is 0.842. The van der Waals surface area contributed by atoms with Gasteiger partial charge < -0.3 is 10.1 Å². The third kappa shape index (κ3) is 2.76. The van der Waals surface area contributed by atoms with Crippen LogP contribution in [0.4, 0.5) is 0 Å². The van der Waals surface area contributed by atoms with Crippen LogP contribution >= 0.6 is 11.6 Å². The van der Waals surface area contributed by atoms with E-state index in [0.29, 0.717) is 12.1 Å². The zero-order valence-electron chi connectivity index (χ0n) is 13.4. The fourth-order valence-electron chi connectivity index (χ4n) is 5.59. The number of benzene rings is 1. The third-order valence-corrected chi connectivity index (χ3v) is 6.25. The van der Waals surface area contributed by atoms with Gasteiger partial charge in [0.1, 0.15) is 5.75 Å². The van der Waals surface area contributed by atoms with Crippen LogP contribution in [0.25, 0.3) is 0 Å². The van der Waals surface area contributed by atoms with Crippen LogP contribution in [-0.2, 0) is 6.54 Å². The Kier molecular flexibility index (Phi) is 3.86. The minimum absolute atomic E-state index is 0.389. The Morgan fingerprint density at radius 1 is 1.14 bits per heavy atom. The molecule has 4 bridgehead atoms. The van der Waals surface area contributed by atoms with E-state index in [-0.39, 0.29) is 0 Å². The van der Waals surface area contributed by atoms with E-state index in [9.17, 15) is 0 Å². The van der Waals surface area contributed by atoms with Gasteiger partial charge in [0.15, 0.2) is 0 Å². The van der Waals surface area contributed by atoms with Gasteiger partial charge in [-0.3, -0.25) is 0 Å². The third-order valence-electron chi connectivity index (χ3n) is 6.01. The lowest BCUT2D eigenvalue weighted by atomic mass is 9.53. The number of ether oxygens (including phenoxy) is 1. The Morgan fingerprint density at radius 3 is 2.36 bits per heavy atom. The molecule has 4 saturated carbocycles. The second-order valence-corrected chi connectivity index (χ2v) is 8.17. The maximum absolute atomic E-state index is 6.19. The average Bonchev–Trinajstić information content (AvgIpc) is 2.46. The van der Waals surface area contributed by atoms with Gasteiger partial charge in [0, 0.05) is 22.7 Å². The fraction of sp³-hybridized carbons (Fsp3) is 0.684. The zero-order valence-corrected chi connectivity index (χ0v) is 14.2. The molecule has 3 heteroatoms. The number of rotatable bonds is 5. The van der Waals surface area contributed by atoms with E-state index < -0.39 is 0 Å². The maximum atomic E-state index is 6.19. The van der Waals surface area contributed by atoms with Crippen molar-refractivity contribution in [1.82, 2.24) is 5.32 Å². The molecular weight excluding hydrogens is 294 g/mol. The van der Waals surface area contributed by atoms with Crippen LogP contribution in [-0.4, -0.2) is 12.1 Å². The van der Waals surface area contributed by atoms with Gasteiger partial charge in [-0.1, -0.05) is 11.6 Å². The maximum Gasteiger partial charge on any atom is 0.123 e. The lowest BCUT2D eigenvalue weighted by Gasteiger charge is -2.57. The molecule has 5 rings (SSSR count). The van der Waals surface area contributed by atoms with Crippen LogP contribution in [0.5, 0.6) is 5.75 Å². The average molecular weight is 320 g/mol. The molecule has 0 radical (unpaired) electrons. The summed E-state index contributed by atoms with van der Waals surface area (Å²) in [6, 6.07) is 5.98. The van der Waals surface area contributed by atoms with Crippen molar-refractivity contribution in [1.29, 1.82) is 0 Å². The summed E-state index contributed by atoms with van der Waals surface area (Å²) in [6.07, 6.45) is 8.60. The molecule has 22 heavy (non-hydrogen) atoms. The Morgan fingerprint density at radius 2 is 1.77 bits per heavy atom. The van der Waals surface area contributed by atoms with Crippen molar-refractivity contribution < 1.29 is 4.74 Å². The normalized spacial score (nSPS) is 35.8. The van der Waals surface area contributed by atoms with E-state index in [2.05, 4.69) is 11.4 Å². The van der Waals surface area contributed by atoms with Crippen molar-refractivity contribution in [3.63, 3.8) is 0 Å². The van der Waals surface area contributed by atoms with Crippen LogP contribution in [0.15, 0.2) is 18.2 Å². The smallest absolute Gasteiger partial charge is 0.123 e. The molecule has 0 spiro atoms. The molecule has 1 aromatic rings. The summed E-state index contributed by atoms with van der Waals surface area (Å²) in [5.41, 5.74) is 1.59. The predicted octanol–water partition coefficient (Wildman–Crippen LogP) is 4.80. The van der Waals surface area contributed by atoms with E-state index >= 15 is 0 Å². The van der Waals surface area contributed by atoms with E-state index in [1.54, 1.807) is 0 Å². The van der Waals surface area contributed by atoms with Crippen LogP contribution in [0, 0.1) is 17.8 Å². The van der Waals surface area contributed by atoms with Crippen molar-refractivity contribution in [2.75, 3.05) is 6.61 Å². The van der Waals surface area contributed by atoms with Gasteiger partial charge in [-0.05, 0) is 81.4 Å². The molecule has 0 heterocycles. The summed E-state index contributed by atoms with van der Waals surface area (Å²) in [5.74, 6) is 3.91. The van der Waals surface area contributed by atoms with Gasteiger partial charge in [-0.2, -0.15) is 0 Å². The lowest BCUT2D eigenvalue weighted by molar-refractivity contribution is -0.0206. The molecule has 4 fully saturated rings. The van der Waals surface area contributed by atoms with Crippen LogP contribution in [0.2, 0.25) is 5.02 Å². The van der Waals surface area contributed by atoms with E-state index in [0.717, 1.165) is 35.1 Å². The minimum Gasteiger partial charge on any atom is -0.494 e. The second kappa shape index (κ2) is 5.72. The van der Waals surface area contributed by atoms with Gasteiger partial charge >= 0.3 is 0 Å². The van der Waals surface area contributed by atoms with Crippen molar-refractivity contribution in [2.45, 2.75) is 57.5 Å². The molecule has 0 aromatic heterocycles. The molecule has 0 amide bonds. The minimum atomic E-state index is 0.389. The fourth-order valence-corrected chi connectivity index (χ4v) is 5.79. The highest BCUT2D eigenvalue weighted by Gasteiger charge is 2.50. The summed E-state index contributed by atoms with van der Waals surface area (Å²) in [4.78, 5) is 0. The highest BCUT2D eigenvalue weighted by Crippen LogP contribution is 2.55. The van der Waals surface area contributed by atoms with Crippen molar-refractivity contribution in [3.05, 3.63) is 28.8 Å². The lowest BCUT2D eigenvalue weighted by Crippen LogP contribution is -2.58. The van der Waals surface area contributed by atoms with E-state index in [1.807, 2.05) is 19.1 Å². The van der Waals surface area contributed by atoms with Gasteiger partial charge in [0.05, 0.1) is 6.61 Å². The van der Waals surface area contributed by atoms with Crippen molar-refractivity contribution in [3.8, 4) is 5.75 Å². The van der Waals surface area contributed by atoms with E-state index in [1.165, 1.54) is 44.1 Å². The summed E-state index contributed by atoms with van der Waals surface area (Å²) in [5, 5.41) is 4.73. The Bertz CT molecular complexity index is 521. The Hall–Kier alpha value is -0.730. The second-order valence-electron chi connectivity index (χ2n) is 7.74. The summed E-state index contributed by atoms with van der Waals surface area (Å²) in [7, 11) is 0. The number of halogens is 1. The zero-order chi connectivity index (χ0) is 15.2. The Balaban J connectivity index is 1.50. The molecule has 1 N–H and O–H groups in total. The van der Waals surface area contributed by atoms with Crippen LogP contribution < -0.4 is 10.1 Å². The molecule has 2 nitrogen and oxygen atoms in total. The molecule has 0 unspecified atom stereocenters. The van der Waals surface area contributed by atoms with Crippen LogP contribution in [0.3, 0.4) is 0 Å². The van der Waals surface area contributed by atoms with Gasteiger partial charge in [0.2, 0.25) is 0 Å². The van der Waals surface area contributed by atoms with Gasteiger partial charge in [0.25, 0.3) is 0 Å². The molecule has 0 atom stereocenters. The van der Waals surface area contributed by atoms with Crippen molar-refractivity contribution >= 4 is 11.6 Å². The highest BCUT2D eigenvalue weighted by molar-refractivity contribution is 6.30. The first-order chi connectivity index (χ1) is 10.7. The molecule has 0 aliphatic heterocycles. The van der Waals surface area contributed by atoms with Gasteiger partial charge in [-0.15, -0.1) is 0 Å². The first-order valence-electron chi connectivity index (χ1n) is 8.82. The number of hydrogen-bond acceptors (Lipinski definition) is 2. The molecule has 1 aromatic carbocycles. The summed E-state index contributed by atoms with van der Waals surface area (Å²) >= 11 is 6.19. The largest absolute Gasteiger partial charge is 0.494 e. The molecule has 4 aliphatic carbocycles. The SMILES string of the molecule is CCOc1ccc(Cl)cc1CNC12CC3CC(CC(C3)C1)C2. The number of hydrogen-bond donors (Lipinski definition) is 1. The first kappa shape index (κ1) is 14.8. The molecule has 120 valence electrons. The van der Waals surface area contributed by atoms with Gasteiger partial charge in [-0.25, -0.2) is 0 Å². The molecular formula is C19H26ClNO. The highest BCUT2D eigenvalue weighted by atomic mass is 35.5. The van der Waals surface area contributed by atoms with Crippen LogP contribution in [0.1, 0.15) is 51.0 Å². The van der Waals surface area contributed by atoms with Crippen molar-refractivity contribution in [2.24, 2.45) is 17.8 Å². The summed E-state index contributed by atoms with van der Waals surface area (Å²) < 4.78 is 5.76.